The van der Waals surface area contributed by atoms with Crippen molar-refractivity contribution >= 4 is 5.84 Å². The first kappa shape index (κ1) is 15.9. The van der Waals surface area contributed by atoms with Gasteiger partial charge in [0.15, 0.2) is 0 Å². The Labute approximate surface area is 126 Å². The second kappa shape index (κ2) is 6.49. The van der Waals surface area contributed by atoms with Gasteiger partial charge in [0.25, 0.3) is 0 Å². The molecule has 20 heavy (non-hydrogen) atoms. The fraction of sp³-hybridized carbons (Fsp3) is 0.944. The molecule has 2 fully saturated rings. The van der Waals surface area contributed by atoms with E-state index < -0.39 is 0 Å². The first-order chi connectivity index (χ1) is 9.44. The number of rotatable bonds is 1. The molecule has 0 aromatic rings. The lowest BCUT2D eigenvalue weighted by molar-refractivity contribution is 0.111. The van der Waals surface area contributed by atoms with Gasteiger partial charge in [0.1, 0.15) is 0 Å². The van der Waals surface area contributed by atoms with Crippen LogP contribution in [-0.2, 0) is 0 Å². The average Bonchev–Trinajstić information content (AvgIpc) is 2.44. The maximum Gasteiger partial charge on any atom is 0.0990 e. The minimum atomic E-state index is 0.525. The zero-order valence-electron chi connectivity index (χ0n) is 14.3. The maximum atomic E-state index is 4.60. The zero-order chi connectivity index (χ0) is 14.8. The number of piperidine rings is 1. The van der Waals surface area contributed by atoms with Crippen molar-refractivity contribution in [3.05, 3.63) is 0 Å². The van der Waals surface area contributed by atoms with Crippen molar-refractivity contribution in [1.82, 2.24) is 4.90 Å². The Bertz CT molecular complexity index is 343. The molecule has 1 saturated carbocycles. The summed E-state index contributed by atoms with van der Waals surface area (Å²) in [6.45, 7) is 9.65. The highest BCUT2D eigenvalue weighted by atomic mass is 15.2. The molecule has 1 aliphatic heterocycles. The Morgan fingerprint density at radius 1 is 1.15 bits per heavy atom. The van der Waals surface area contributed by atoms with E-state index in [2.05, 4.69) is 37.6 Å². The van der Waals surface area contributed by atoms with Crippen LogP contribution < -0.4 is 0 Å². The molecule has 0 spiro atoms. The quantitative estimate of drug-likeness (QED) is 0.667. The second-order valence-electron chi connectivity index (χ2n) is 7.97. The highest BCUT2D eigenvalue weighted by Crippen LogP contribution is 2.41. The molecule has 0 amide bonds. The van der Waals surface area contributed by atoms with Gasteiger partial charge in [0, 0.05) is 25.6 Å². The van der Waals surface area contributed by atoms with Crippen LogP contribution in [-0.4, -0.2) is 29.9 Å². The molecule has 2 nitrogen and oxygen atoms in total. The molecular formula is C18H34N2. The fourth-order valence-electron chi connectivity index (χ4n) is 4.52. The van der Waals surface area contributed by atoms with Gasteiger partial charge in [-0.15, -0.1) is 0 Å². The predicted molar refractivity (Wildman–Crippen MR) is 88.3 cm³/mol. The van der Waals surface area contributed by atoms with Crippen LogP contribution in [0.1, 0.15) is 79.1 Å². The van der Waals surface area contributed by atoms with E-state index in [0.717, 1.165) is 12.0 Å². The van der Waals surface area contributed by atoms with Gasteiger partial charge in [0.2, 0.25) is 0 Å². The van der Waals surface area contributed by atoms with Crippen molar-refractivity contribution in [2.24, 2.45) is 16.3 Å². The summed E-state index contributed by atoms with van der Waals surface area (Å²) in [5, 5.41) is 0. The molecular weight excluding hydrogens is 244 g/mol. The normalized spacial score (nSPS) is 33.5. The van der Waals surface area contributed by atoms with Crippen LogP contribution in [0.25, 0.3) is 0 Å². The monoisotopic (exact) mass is 278 g/mol. The van der Waals surface area contributed by atoms with Crippen LogP contribution in [0.5, 0.6) is 0 Å². The molecule has 0 bridgehead atoms. The summed E-state index contributed by atoms with van der Waals surface area (Å²) in [6.07, 6.45) is 11.0. The van der Waals surface area contributed by atoms with Crippen molar-refractivity contribution in [1.29, 1.82) is 0 Å². The van der Waals surface area contributed by atoms with Gasteiger partial charge < -0.3 is 4.90 Å². The number of hydrogen-bond donors (Lipinski definition) is 0. The highest BCUT2D eigenvalue weighted by molar-refractivity contribution is 5.83. The van der Waals surface area contributed by atoms with Gasteiger partial charge in [-0.05, 0) is 50.9 Å². The van der Waals surface area contributed by atoms with E-state index in [-0.39, 0.29) is 0 Å². The molecule has 2 rings (SSSR count). The maximum absolute atomic E-state index is 4.60. The van der Waals surface area contributed by atoms with Crippen LogP contribution in [0.2, 0.25) is 0 Å². The average molecular weight is 278 g/mol. The van der Waals surface area contributed by atoms with E-state index >= 15 is 0 Å². The number of aliphatic imine (C=N–C) groups is 1. The zero-order valence-corrected chi connectivity index (χ0v) is 14.3. The molecule has 2 unspecified atom stereocenters. The molecule has 1 heterocycles. The van der Waals surface area contributed by atoms with Crippen molar-refractivity contribution in [3.8, 4) is 0 Å². The van der Waals surface area contributed by atoms with Crippen molar-refractivity contribution in [2.45, 2.75) is 91.1 Å². The Balaban J connectivity index is 2.24. The Hall–Kier alpha value is -0.530. The van der Waals surface area contributed by atoms with Crippen LogP contribution >= 0.6 is 0 Å². The van der Waals surface area contributed by atoms with Crippen molar-refractivity contribution < 1.29 is 0 Å². The summed E-state index contributed by atoms with van der Waals surface area (Å²) in [5.74, 6) is 2.23. The Morgan fingerprint density at radius 2 is 1.90 bits per heavy atom. The number of amidine groups is 1. The van der Waals surface area contributed by atoms with Crippen LogP contribution in [0, 0.1) is 11.3 Å². The van der Waals surface area contributed by atoms with Crippen LogP contribution in [0.3, 0.4) is 0 Å². The van der Waals surface area contributed by atoms with Gasteiger partial charge in [-0.3, -0.25) is 4.99 Å². The summed E-state index contributed by atoms with van der Waals surface area (Å²) in [7, 11) is 1.98. The van der Waals surface area contributed by atoms with E-state index in [9.17, 15) is 0 Å². The van der Waals surface area contributed by atoms with E-state index in [1.807, 2.05) is 7.05 Å². The highest BCUT2D eigenvalue weighted by Gasteiger charge is 2.38. The lowest BCUT2D eigenvalue weighted by Crippen LogP contribution is -2.52. The Kier molecular flexibility index (Phi) is 5.14. The number of nitrogens with zero attached hydrogens (tertiary/aromatic N) is 2. The number of likely N-dealkylation sites (tertiary alicyclic amines) is 1. The number of hydrogen-bond acceptors (Lipinski definition) is 1. The molecule has 0 aromatic heterocycles. The van der Waals surface area contributed by atoms with Crippen LogP contribution in [0.15, 0.2) is 4.99 Å². The smallest absolute Gasteiger partial charge is 0.0990 e. The molecule has 0 radical (unpaired) electrons. The van der Waals surface area contributed by atoms with E-state index in [1.54, 1.807) is 0 Å². The van der Waals surface area contributed by atoms with Crippen molar-refractivity contribution in [3.63, 3.8) is 0 Å². The standard InChI is InChI=1S/C18H34N2/c1-14(2)20-16-9-7-6-8-12-18(3,4)13-15(16)10-11-17(20)19-5/h14-16H,6-13H2,1-5H3. The van der Waals surface area contributed by atoms with Gasteiger partial charge in [-0.25, -0.2) is 0 Å². The minimum absolute atomic E-state index is 0.525. The van der Waals surface area contributed by atoms with Crippen LogP contribution in [0.4, 0.5) is 0 Å². The molecule has 116 valence electrons. The largest absolute Gasteiger partial charge is 0.355 e. The minimum Gasteiger partial charge on any atom is -0.355 e. The molecule has 0 aromatic carbocycles. The number of fused-ring (bicyclic) bond motifs is 1. The lowest BCUT2D eigenvalue weighted by atomic mass is 9.73. The third-order valence-electron chi connectivity index (χ3n) is 5.42. The molecule has 2 heteroatoms. The topological polar surface area (TPSA) is 15.6 Å². The molecule has 2 aliphatic rings. The van der Waals surface area contributed by atoms with E-state index in [1.165, 1.54) is 57.2 Å². The Morgan fingerprint density at radius 3 is 2.55 bits per heavy atom. The SMILES string of the molecule is CN=C1CCC2CC(C)(C)CCCCCC2N1C(C)C. The van der Waals surface area contributed by atoms with Gasteiger partial charge in [-0.1, -0.05) is 33.1 Å². The lowest BCUT2D eigenvalue weighted by Gasteiger charge is -2.47. The molecule has 1 aliphatic carbocycles. The predicted octanol–water partition coefficient (Wildman–Crippen LogP) is 4.88. The summed E-state index contributed by atoms with van der Waals surface area (Å²) in [6, 6.07) is 1.32. The first-order valence-corrected chi connectivity index (χ1v) is 8.68. The summed E-state index contributed by atoms with van der Waals surface area (Å²) >= 11 is 0. The summed E-state index contributed by atoms with van der Waals surface area (Å²) in [5.41, 5.74) is 0.525. The van der Waals surface area contributed by atoms with Gasteiger partial charge in [0.05, 0.1) is 5.84 Å². The summed E-state index contributed by atoms with van der Waals surface area (Å²) < 4.78 is 0. The second-order valence-corrected chi connectivity index (χ2v) is 7.97. The fourth-order valence-corrected chi connectivity index (χ4v) is 4.52. The van der Waals surface area contributed by atoms with Gasteiger partial charge >= 0.3 is 0 Å². The van der Waals surface area contributed by atoms with Gasteiger partial charge in [-0.2, -0.15) is 0 Å². The molecule has 2 atom stereocenters. The van der Waals surface area contributed by atoms with Crippen molar-refractivity contribution in [2.75, 3.05) is 7.05 Å². The summed E-state index contributed by atoms with van der Waals surface area (Å²) in [4.78, 5) is 7.26. The third-order valence-corrected chi connectivity index (χ3v) is 5.42. The first-order valence-electron chi connectivity index (χ1n) is 8.68. The molecule has 1 saturated heterocycles. The van der Waals surface area contributed by atoms with E-state index in [0.29, 0.717) is 11.5 Å². The molecule has 0 N–H and O–H groups in total. The third kappa shape index (κ3) is 3.56. The van der Waals surface area contributed by atoms with E-state index in [4.69, 9.17) is 0 Å².